The van der Waals surface area contributed by atoms with Crippen LogP contribution in [0, 0.1) is 6.92 Å². The lowest BCUT2D eigenvalue weighted by Crippen LogP contribution is -2.34. The minimum absolute atomic E-state index is 0.156. The van der Waals surface area contributed by atoms with Gasteiger partial charge in [-0.3, -0.25) is 4.68 Å². The number of hydrogen-bond donors (Lipinski definition) is 1. The van der Waals surface area contributed by atoms with Gasteiger partial charge in [0.15, 0.2) is 0 Å². The van der Waals surface area contributed by atoms with E-state index in [-0.39, 0.29) is 6.61 Å². The largest absolute Gasteiger partial charge is 0.394 e. The van der Waals surface area contributed by atoms with Gasteiger partial charge in [0.1, 0.15) is 0 Å². The van der Waals surface area contributed by atoms with Crippen LogP contribution in [0.5, 0.6) is 0 Å². The maximum absolute atomic E-state index is 9.12. The summed E-state index contributed by atoms with van der Waals surface area (Å²) in [5.74, 6) is 0.585. The van der Waals surface area contributed by atoms with E-state index in [0.29, 0.717) is 12.5 Å². The number of rotatable bonds is 7. The van der Waals surface area contributed by atoms with E-state index in [4.69, 9.17) is 5.11 Å². The van der Waals surface area contributed by atoms with Gasteiger partial charge in [-0.15, -0.1) is 11.3 Å². The monoisotopic (exact) mass is 334 g/mol. The molecule has 0 unspecified atom stereocenters. The lowest BCUT2D eigenvalue weighted by Gasteiger charge is -2.32. The van der Waals surface area contributed by atoms with Gasteiger partial charge in [-0.25, -0.2) is 4.98 Å². The molecule has 1 saturated heterocycles. The van der Waals surface area contributed by atoms with Crippen molar-refractivity contribution in [2.75, 3.05) is 26.2 Å². The molecule has 0 spiro atoms. The lowest BCUT2D eigenvalue weighted by molar-refractivity contribution is 0.204. The SMILES string of the molecule is Cc1nc(CCCN2CCC(c3ccnn3CCO)CC2)cs1. The normalized spacial score (nSPS) is 17.0. The van der Waals surface area contributed by atoms with E-state index in [9.17, 15) is 0 Å². The average Bonchev–Trinajstić information content (AvgIpc) is 3.18. The minimum atomic E-state index is 0.156. The van der Waals surface area contributed by atoms with E-state index >= 15 is 0 Å². The number of nitrogens with zero attached hydrogens (tertiary/aromatic N) is 4. The molecule has 1 aliphatic rings. The average molecular weight is 334 g/mol. The van der Waals surface area contributed by atoms with E-state index in [2.05, 4.69) is 33.4 Å². The van der Waals surface area contributed by atoms with Crippen LogP contribution in [-0.4, -0.2) is 51.0 Å². The van der Waals surface area contributed by atoms with Crippen LogP contribution in [0.3, 0.4) is 0 Å². The van der Waals surface area contributed by atoms with Crippen molar-refractivity contribution < 1.29 is 5.11 Å². The van der Waals surface area contributed by atoms with E-state index in [1.807, 2.05) is 10.9 Å². The van der Waals surface area contributed by atoms with Gasteiger partial charge >= 0.3 is 0 Å². The Labute approximate surface area is 142 Å². The molecule has 3 heterocycles. The third-order valence-corrected chi connectivity index (χ3v) is 5.46. The van der Waals surface area contributed by atoms with Crippen molar-refractivity contribution in [2.45, 2.75) is 45.1 Å². The summed E-state index contributed by atoms with van der Waals surface area (Å²) < 4.78 is 1.96. The molecule has 2 aromatic rings. The van der Waals surface area contributed by atoms with Gasteiger partial charge in [0.25, 0.3) is 0 Å². The van der Waals surface area contributed by atoms with Crippen molar-refractivity contribution in [3.05, 3.63) is 34.0 Å². The number of thiazole rings is 1. The van der Waals surface area contributed by atoms with Crippen LogP contribution in [0.15, 0.2) is 17.6 Å². The van der Waals surface area contributed by atoms with E-state index in [0.717, 1.165) is 19.5 Å². The zero-order valence-corrected chi connectivity index (χ0v) is 14.6. The van der Waals surface area contributed by atoms with Crippen molar-refractivity contribution in [1.82, 2.24) is 19.7 Å². The molecule has 1 aliphatic heterocycles. The van der Waals surface area contributed by atoms with Crippen molar-refractivity contribution in [2.24, 2.45) is 0 Å². The third kappa shape index (κ3) is 4.40. The fourth-order valence-corrected chi connectivity index (χ4v) is 4.08. The van der Waals surface area contributed by atoms with E-state index in [1.165, 1.54) is 42.2 Å². The molecular weight excluding hydrogens is 308 g/mol. The Morgan fingerprint density at radius 2 is 2.13 bits per heavy atom. The molecule has 0 saturated carbocycles. The Balaban J connectivity index is 1.42. The van der Waals surface area contributed by atoms with Crippen molar-refractivity contribution in [3.63, 3.8) is 0 Å². The van der Waals surface area contributed by atoms with Gasteiger partial charge in [-0.05, 0) is 58.3 Å². The standard InChI is InChI=1S/C17H26N4OS/c1-14-19-16(13-23-14)3-2-8-20-9-5-15(6-10-20)17-4-7-18-21(17)11-12-22/h4,7,13,15,22H,2-3,5-6,8-12H2,1H3. The predicted molar refractivity (Wildman–Crippen MR) is 92.9 cm³/mol. The zero-order valence-electron chi connectivity index (χ0n) is 13.8. The molecule has 23 heavy (non-hydrogen) atoms. The number of likely N-dealkylation sites (tertiary alicyclic amines) is 1. The highest BCUT2D eigenvalue weighted by molar-refractivity contribution is 7.09. The summed E-state index contributed by atoms with van der Waals surface area (Å²) in [6.45, 7) is 6.31. The second kappa shape index (κ2) is 8.04. The molecule has 1 fully saturated rings. The smallest absolute Gasteiger partial charge is 0.0897 e. The molecule has 5 nitrogen and oxygen atoms in total. The molecule has 6 heteroatoms. The maximum atomic E-state index is 9.12. The zero-order chi connectivity index (χ0) is 16.1. The van der Waals surface area contributed by atoms with Gasteiger partial charge in [0.05, 0.1) is 23.9 Å². The Morgan fingerprint density at radius 1 is 1.30 bits per heavy atom. The highest BCUT2D eigenvalue weighted by Gasteiger charge is 2.22. The molecule has 0 aromatic carbocycles. The van der Waals surface area contributed by atoms with Crippen LogP contribution < -0.4 is 0 Å². The van der Waals surface area contributed by atoms with E-state index in [1.54, 1.807) is 11.3 Å². The first-order valence-electron chi connectivity index (χ1n) is 8.52. The molecule has 3 rings (SSSR count). The highest BCUT2D eigenvalue weighted by Crippen LogP contribution is 2.27. The Morgan fingerprint density at radius 3 is 2.83 bits per heavy atom. The van der Waals surface area contributed by atoms with Gasteiger partial charge in [-0.2, -0.15) is 5.10 Å². The Kier molecular flexibility index (Phi) is 5.80. The number of aliphatic hydroxyl groups is 1. The molecule has 0 radical (unpaired) electrons. The quantitative estimate of drug-likeness (QED) is 0.845. The second-order valence-corrected chi connectivity index (χ2v) is 7.34. The number of aliphatic hydroxyl groups excluding tert-OH is 1. The molecule has 126 valence electrons. The lowest BCUT2D eigenvalue weighted by atomic mass is 9.93. The summed E-state index contributed by atoms with van der Waals surface area (Å²) in [5.41, 5.74) is 2.53. The van der Waals surface area contributed by atoms with Gasteiger partial charge < -0.3 is 10.0 Å². The van der Waals surface area contributed by atoms with Crippen LogP contribution in [0.2, 0.25) is 0 Å². The van der Waals surface area contributed by atoms with Gasteiger partial charge in [-0.1, -0.05) is 0 Å². The summed E-state index contributed by atoms with van der Waals surface area (Å²) >= 11 is 1.74. The first-order chi connectivity index (χ1) is 11.3. The molecule has 2 aromatic heterocycles. The fraction of sp³-hybridized carbons (Fsp3) is 0.647. The third-order valence-electron chi connectivity index (χ3n) is 4.64. The van der Waals surface area contributed by atoms with Crippen LogP contribution in [-0.2, 0) is 13.0 Å². The summed E-state index contributed by atoms with van der Waals surface area (Å²) in [6.07, 6.45) is 6.51. The molecule has 0 aliphatic carbocycles. The number of aromatic nitrogens is 3. The van der Waals surface area contributed by atoms with Crippen LogP contribution >= 0.6 is 11.3 Å². The van der Waals surface area contributed by atoms with Gasteiger partial charge in [0, 0.05) is 23.2 Å². The molecule has 0 bridgehead atoms. The molecule has 0 amide bonds. The number of piperidine rings is 1. The first-order valence-corrected chi connectivity index (χ1v) is 9.40. The molecular formula is C17H26N4OS. The summed E-state index contributed by atoms with van der Waals surface area (Å²) in [4.78, 5) is 7.11. The van der Waals surface area contributed by atoms with Crippen molar-refractivity contribution in [1.29, 1.82) is 0 Å². The fourth-order valence-electron chi connectivity index (χ4n) is 3.43. The highest BCUT2D eigenvalue weighted by atomic mass is 32.1. The second-order valence-electron chi connectivity index (χ2n) is 6.28. The van der Waals surface area contributed by atoms with Crippen molar-refractivity contribution in [3.8, 4) is 0 Å². The first kappa shape index (κ1) is 16.6. The van der Waals surface area contributed by atoms with Crippen LogP contribution in [0.4, 0.5) is 0 Å². The van der Waals surface area contributed by atoms with Gasteiger partial charge in [0.2, 0.25) is 0 Å². The van der Waals surface area contributed by atoms with Crippen LogP contribution in [0.1, 0.15) is 41.6 Å². The number of hydrogen-bond acceptors (Lipinski definition) is 5. The topological polar surface area (TPSA) is 54.2 Å². The van der Waals surface area contributed by atoms with E-state index < -0.39 is 0 Å². The minimum Gasteiger partial charge on any atom is -0.394 e. The summed E-state index contributed by atoms with van der Waals surface area (Å²) in [5, 5.41) is 16.8. The number of aryl methyl sites for hydroxylation is 2. The summed E-state index contributed by atoms with van der Waals surface area (Å²) in [6, 6.07) is 2.11. The van der Waals surface area contributed by atoms with Crippen LogP contribution in [0.25, 0.3) is 0 Å². The van der Waals surface area contributed by atoms with Crippen molar-refractivity contribution >= 4 is 11.3 Å². The maximum Gasteiger partial charge on any atom is 0.0897 e. The Bertz CT molecular complexity index is 601. The Hall–Kier alpha value is -1.24. The molecule has 0 atom stereocenters. The summed E-state index contributed by atoms with van der Waals surface area (Å²) in [7, 11) is 0. The molecule has 1 N–H and O–H groups in total. The predicted octanol–water partition coefficient (Wildman–Crippen LogP) is 2.45.